The van der Waals surface area contributed by atoms with E-state index in [0.717, 1.165) is 26.6 Å². The summed E-state index contributed by atoms with van der Waals surface area (Å²) in [6, 6.07) is 18.8. The predicted molar refractivity (Wildman–Crippen MR) is 114 cm³/mol. The molecule has 1 aliphatic rings. The van der Waals surface area contributed by atoms with Gasteiger partial charge in [0.05, 0.1) is 17.4 Å². The molecule has 0 bridgehead atoms. The Hall–Kier alpha value is -1.54. The molecule has 0 radical (unpaired) electrons. The van der Waals surface area contributed by atoms with Crippen LogP contribution in [0.1, 0.15) is 10.9 Å². The summed E-state index contributed by atoms with van der Waals surface area (Å²) in [6.45, 7) is 0.472. The Morgan fingerprint density at radius 1 is 1.07 bits per heavy atom. The van der Waals surface area contributed by atoms with Gasteiger partial charge < -0.3 is 4.74 Å². The molecule has 0 aliphatic carbocycles. The van der Waals surface area contributed by atoms with Crippen molar-refractivity contribution in [3.8, 4) is 5.75 Å². The number of ether oxygens (including phenoxy) is 1. The van der Waals surface area contributed by atoms with E-state index in [1.165, 1.54) is 0 Å². The van der Waals surface area contributed by atoms with Gasteiger partial charge in [-0.15, -0.1) is 11.8 Å². The lowest BCUT2D eigenvalue weighted by Gasteiger charge is -2.25. The first-order valence-corrected chi connectivity index (χ1v) is 11.7. The Morgan fingerprint density at radius 3 is 2.63 bits per heavy atom. The number of benzene rings is 3. The first-order chi connectivity index (χ1) is 13.0. The van der Waals surface area contributed by atoms with Gasteiger partial charge in [-0.25, -0.2) is 8.42 Å². The summed E-state index contributed by atoms with van der Waals surface area (Å²) < 4.78 is 34.8. The average molecular weight is 464 g/mol. The van der Waals surface area contributed by atoms with Crippen LogP contribution in [-0.4, -0.2) is 32.1 Å². The molecule has 0 N–H and O–H groups in total. The molecule has 0 aromatic heterocycles. The molecule has 1 fully saturated rings. The maximum Gasteiger partial charge on any atom is 0.244 e. The minimum absolute atomic E-state index is 0.311. The van der Waals surface area contributed by atoms with Crippen molar-refractivity contribution in [2.75, 3.05) is 19.4 Å². The van der Waals surface area contributed by atoms with Gasteiger partial charge in [-0.1, -0.05) is 46.3 Å². The van der Waals surface area contributed by atoms with Crippen molar-refractivity contribution in [3.05, 3.63) is 70.7 Å². The highest BCUT2D eigenvalue weighted by Crippen LogP contribution is 2.45. The Labute approximate surface area is 171 Å². The van der Waals surface area contributed by atoms with Crippen LogP contribution in [0.15, 0.2) is 70.0 Å². The molecule has 7 heteroatoms. The fraction of sp³-hybridized carbons (Fsp3) is 0.200. The van der Waals surface area contributed by atoms with Crippen LogP contribution in [0.25, 0.3) is 10.8 Å². The maximum absolute atomic E-state index is 13.4. The molecule has 0 amide bonds. The maximum atomic E-state index is 13.4. The lowest BCUT2D eigenvalue weighted by molar-refractivity contribution is 0.390. The minimum atomic E-state index is -3.62. The van der Waals surface area contributed by atoms with E-state index in [9.17, 15) is 8.42 Å². The first kappa shape index (κ1) is 18.8. The van der Waals surface area contributed by atoms with Crippen LogP contribution in [0.3, 0.4) is 0 Å². The van der Waals surface area contributed by atoms with Crippen LogP contribution < -0.4 is 4.74 Å². The number of methoxy groups -OCH3 is 1. The standard InChI is InChI=1S/C20H18BrNO3S2/c1-25-19-9-7-16(21)13-18(19)20-22(10-11-26-20)27(23,24)17-8-6-14-4-2-3-5-15(14)12-17/h2-9,12-13,20H,10-11H2,1H3. The number of hydrogen-bond donors (Lipinski definition) is 0. The quantitative estimate of drug-likeness (QED) is 0.543. The zero-order valence-corrected chi connectivity index (χ0v) is 17.9. The smallest absolute Gasteiger partial charge is 0.244 e. The van der Waals surface area contributed by atoms with Crippen molar-refractivity contribution >= 4 is 48.5 Å². The van der Waals surface area contributed by atoms with Crippen molar-refractivity contribution in [3.63, 3.8) is 0 Å². The highest BCUT2D eigenvalue weighted by Gasteiger charge is 2.38. The van der Waals surface area contributed by atoms with Gasteiger partial charge in [0.2, 0.25) is 10.0 Å². The molecule has 3 aromatic carbocycles. The molecule has 140 valence electrons. The number of thioether (sulfide) groups is 1. The second-order valence-electron chi connectivity index (χ2n) is 6.23. The van der Waals surface area contributed by atoms with Crippen molar-refractivity contribution in [2.45, 2.75) is 10.3 Å². The number of halogens is 1. The molecule has 1 atom stereocenters. The van der Waals surface area contributed by atoms with Crippen molar-refractivity contribution < 1.29 is 13.2 Å². The highest BCUT2D eigenvalue weighted by molar-refractivity contribution is 9.10. The highest BCUT2D eigenvalue weighted by atomic mass is 79.9. The Morgan fingerprint density at radius 2 is 1.85 bits per heavy atom. The molecular formula is C20H18BrNO3S2. The van der Waals surface area contributed by atoms with Gasteiger partial charge >= 0.3 is 0 Å². The minimum Gasteiger partial charge on any atom is -0.496 e. The predicted octanol–water partition coefficient (Wildman–Crippen LogP) is 5.05. The number of rotatable bonds is 4. The SMILES string of the molecule is COc1ccc(Br)cc1C1SCCN1S(=O)(=O)c1ccc2ccccc2c1. The summed E-state index contributed by atoms with van der Waals surface area (Å²) in [5.74, 6) is 1.43. The Kier molecular flexibility index (Phi) is 5.20. The number of hydrogen-bond acceptors (Lipinski definition) is 4. The van der Waals surface area contributed by atoms with Crippen LogP contribution in [0, 0.1) is 0 Å². The van der Waals surface area contributed by atoms with Crippen molar-refractivity contribution in [1.82, 2.24) is 4.31 Å². The monoisotopic (exact) mass is 463 g/mol. The molecule has 27 heavy (non-hydrogen) atoms. The number of fused-ring (bicyclic) bond motifs is 1. The largest absolute Gasteiger partial charge is 0.496 e. The molecule has 1 saturated heterocycles. The molecule has 4 rings (SSSR count). The summed E-state index contributed by atoms with van der Waals surface area (Å²) in [5.41, 5.74) is 0.860. The van der Waals surface area contributed by atoms with E-state index in [4.69, 9.17) is 4.74 Å². The van der Waals surface area contributed by atoms with Crippen LogP contribution in [0.4, 0.5) is 0 Å². The van der Waals surface area contributed by atoms with E-state index in [1.54, 1.807) is 35.3 Å². The van der Waals surface area contributed by atoms with E-state index in [2.05, 4.69) is 15.9 Å². The number of nitrogens with zero attached hydrogens (tertiary/aromatic N) is 1. The van der Waals surface area contributed by atoms with Crippen LogP contribution >= 0.6 is 27.7 Å². The van der Waals surface area contributed by atoms with Gasteiger partial charge in [0, 0.05) is 22.3 Å². The van der Waals surface area contributed by atoms with Gasteiger partial charge in [-0.2, -0.15) is 4.31 Å². The molecule has 0 saturated carbocycles. The molecule has 1 heterocycles. The molecule has 3 aromatic rings. The van der Waals surface area contributed by atoms with Gasteiger partial charge in [-0.05, 0) is 41.1 Å². The van der Waals surface area contributed by atoms with Gasteiger partial charge in [0.15, 0.2) is 0 Å². The fourth-order valence-electron chi connectivity index (χ4n) is 3.31. The molecule has 1 unspecified atom stereocenters. The molecule has 0 spiro atoms. The summed E-state index contributed by atoms with van der Waals surface area (Å²) in [4.78, 5) is 0.322. The van der Waals surface area contributed by atoms with E-state index >= 15 is 0 Å². The summed E-state index contributed by atoms with van der Waals surface area (Å²) >= 11 is 5.10. The summed E-state index contributed by atoms with van der Waals surface area (Å²) in [6.07, 6.45) is 0. The second-order valence-corrected chi connectivity index (χ2v) is 10.2. The average Bonchev–Trinajstić information content (AvgIpc) is 3.18. The van der Waals surface area contributed by atoms with Crippen molar-refractivity contribution in [1.29, 1.82) is 0 Å². The molecular weight excluding hydrogens is 446 g/mol. The second kappa shape index (κ2) is 7.47. The van der Waals surface area contributed by atoms with Crippen LogP contribution in [-0.2, 0) is 10.0 Å². The van der Waals surface area contributed by atoms with Crippen LogP contribution in [0.2, 0.25) is 0 Å². The van der Waals surface area contributed by atoms with E-state index < -0.39 is 10.0 Å². The third kappa shape index (κ3) is 3.49. The fourth-order valence-corrected chi connectivity index (χ4v) is 6.97. The van der Waals surface area contributed by atoms with Crippen molar-refractivity contribution in [2.24, 2.45) is 0 Å². The first-order valence-electron chi connectivity index (χ1n) is 8.46. The zero-order valence-electron chi connectivity index (χ0n) is 14.6. The normalized spacial score (nSPS) is 18.1. The molecule has 4 nitrogen and oxygen atoms in total. The summed E-state index contributed by atoms with van der Waals surface area (Å²) in [5, 5.41) is 1.63. The third-order valence-corrected chi connectivity index (χ3v) is 8.36. The zero-order chi connectivity index (χ0) is 19.0. The van der Waals surface area contributed by atoms with Gasteiger partial charge in [-0.3, -0.25) is 0 Å². The third-order valence-electron chi connectivity index (χ3n) is 4.63. The lowest BCUT2D eigenvalue weighted by atomic mass is 10.1. The van der Waals surface area contributed by atoms with Crippen LogP contribution in [0.5, 0.6) is 5.75 Å². The van der Waals surface area contributed by atoms with E-state index in [1.807, 2.05) is 48.5 Å². The lowest BCUT2D eigenvalue weighted by Crippen LogP contribution is -2.30. The topological polar surface area (TPSA) is 46.6 Å². The van der Waals surface area contributed by atoms with Gasteiger partial charge in [0.1, 0.15) is 5.75 Å². The van der Waals surface area contributed by atoms with Gasteiger partial charge in [0.25, 0.3) is 0 Å². The summed E-state index contributed by atoms with van der Waals surface area (Å²) in [7, 11) is -2.02. The number of sulfonamides is 1. The molecule has 1 aliphatic heterocycles. The Balaban J connectivity index is 1.77. The Bertz CT molecular complexity index is 1100. The van der Waals surface area contributed by atoms with E-state index in [-0.39, 0.29) is 5.37 Å². The van der Waals surface area contributed by atoms with E-state index in [0.29, 0.717) is 17.2 Å².